The molecule has 0 saturated heterocycles. The summed E-state index contributed by atoms with van der Waals surface area (Å²) in [5, 5.41) is 6.35. The number of fused-ring (bicyclic) bond motifs is 1. The van der Waals surface area contributed by atoms with Crippen LogP contribution in [0.3, 0.4) is 0 Å². The van der Waals surface area contributed by atoms with E-state index in [-0.39, 0.29) is 0 Å². The minimum absolute atomic E-state index is 0.601. The number of hydrogen-bond donors (Lipinski definition) is 1. The Morgan fingerprint density at radius 1 is 1.00 bits per heavy atom. The first-order chi connectivity index (χ1) is 14.2. The van der Waals surface area contributed by atoms with E-state index in [9.17, 15) is 0 Å². The van der Waals surface area contributed by atoms with Crippen molar-refractivity contribution >= 4 is 28.7 Å². The molecule has 0 unspecified atom stereocenters. The van der Waals surface area contributed by atoms with Gasteiger partial charge in [-0.3, -0.25) is 0 Å². The third-order valence-electron chi connectivity index (χ3n) is 4.84. The highest BCUT2D eigenvalue weighted by Crippen LogP contribution is 2.22. The number of nitrogens with zero attached hydrogens (tertiary/aromatic N) is 2. The van der Waals surface area contributed by atoms with Gasteiger partial charge in [-0.1, -0.05) is 60.1 Å². The predicted molar refractivity (Wildman–Crippen MR) is 120 cm³/mol. The Balaban J connectivity index is 1.53. The fourth-order valence-electron chi connectivity index (χ4n) is 3.39. The van der Waals surface area contributed by atoms with Gasteiger partial charge in [-0.2, -0.15) is 5.10 Å². The number of rotatable bonds is 7. The molecular weight excluding hydrogens is 382 g/mol. The van der Waals surface area contributed by atoms with Gasteiger partial charge in [0.05, 0.1) is 19.9 Å². The van der Waals surface area contributed by atoms with Crippen LogP contribution in [0.4, 0.5) is 0 Å². The highest BCUT2D eigenvalue weighted by atomic mass is 35.5. The summed E-state index contributed by atoms with van der Waals surface area (Å²) in [6.45, 7) is 1.38. The van der Waals surface area contributed by atoms with E-state index in [0.29, 0.717) is 6.54 Å². The van der Waals surface area contributed by atoms with Crippen molar-refractivity contribution in [2.75, 3.05) is 7.11 Å². The van der Waals surface area contributed by atoms with E-state index in [1.165, 1.54) is 16.5 Å². The highest BCUT2D eigenvalue weighted by Gasteiger charge is 2.07. The van der Waals surface area contributed by atoms with Crippen LogP contribution in [0.2, 0.25) is 5.02 Å². The highest BCUT2D eigenvalue weighted by molar-refractivity contribution is 6.30. The molecule has 5 heteroatoms. The molecule has 1 heterocycles. The Hall–Kier alpha value is -3.24. The second kappa shape index (κ2) is 8.84. The molecule has 4 aromatic rings. The number of halogens is 1. The smallest absolute Gasteiger partial charge is 0.123 e. The fourth-order valence-corrected chi connectivity index (χ4v) is 3.52. The topological polar surface area (TPSA) is 38.5 Å². The molecule has 0 spiro atoms. The number of ether oxygens (including phenoxy) is 1. The third kappa shape index (κ3) is 4.44. The first-order valence-electron chi connectivity index (χ1n) is 9.45. The van der Waals surface area contributed by atoms with Gasteiger partial charge < -0.3 is 14.7 Å². The lowest BCUT2D eigenvalue weighted by Gasteiger charge is -2.07. The second-order valence-corrected chi connectivity index (χ2v) is 7.20. The van der Waals surface area contributed by atoms with Crippen molar-refractivity contribution in [1.29, 1.82) is 0 Å². The standard InChI is InChI=1S/C24H22ClN3O/c1-29-24-9-5-2-6-19(24)14-26-27-15-20-17-28(23-8-4-3-7-22(20)23)16-18-10-12-21(25)13-11-18/h2-13,15,17,26H,14,16H2,1H3/b27-15+. The summed E-state index contributed by atoms with van der Waals surface area (Å²) < 4.78 is 7.62. The van der Waals surface area contributed by atoms with E-state index < -0.39 is 0 Å². The molecule has 1 aromatic heterocycles. The molecule has 146 valence electrons. The molecule has 0 aliphatic heterocycles. The lowest BCUT2D eigenvalue weighted by molar-refractivity contribution is 0.408. The van der Waals surface area contributed by atoms with Crippen LogP contribution in [0.15, 0.2) is 84.1 Å². The van der Waals surface area contributed by atoms with Crippen molar-refractivity contribution in [3.63, 3.8) is 0 Å². The number of hydrazone groups is 1. The number of hydrogen-bond acceptors (Lipinski definition) is 3. The van der Waals surface area contributed by atoms with Crippen LogP contribution in [0.1, 0.15) is 16.7 Å². The van der Waals surface area contributed by atoms with Crippen LogP contribution in [-0.4, -0.2) is 17.9 Å². The molecule has 0 amide bonds. The lowest BCUT2D eigenvalue weighted by atomic mass is 10.2. The van der Waals surface area contributed by atoms with Crippen LogP contribution >= 0.6 is 11.6 Å². The van der Waals surface area contributed by atoms with Crippen molar-refractivity contribution in [2.45, 2.75) is 13.1 Å². The monoisotopic (exact) mass is 403 g/mol. The molecule has 0 atom stereocenters. The number of benzene rings is 3. The van der Waals surface area contributed by atoms with E-state index >= 15 is 0 Å². The Kier molecular flexibility index (Phi) is 5.82. The zero-order chi connectivity index (χ0) is 20.1. The first-order valence-corrected chi connectivity index (χ1v) is 9.82. The average Bonchev–Trinajstić information content (AvgIpc) is 3.10. The largest absolute Gasteiger partial charge is 0.496 e. The van der Waals surface area contributed by atoms with Gasteiger partial charge in [0.15, 0.2) is 0 Å². The van der Waals surface area contributed by atoms with Crippen LogP contribution in [0, 0.1) is 0 Å². The molecular formula is C24H22ClN3O. The maximum absolute atomic E-state index is 6.01. The molecule has 0 radical (unpaired) electrons. The predicted octanol–water partition coefficient (Wildman–Crippen LogP) is 5.48. The molecule has 0 aliphatic carbocycles. The summed E-state index contributed by atoms with van der Waals surface area (Å²) in [5.74, 6) is 0.856. The molecule has 29 heavy (non-hydrogen) atoms. The van der Waals surface area contributed by atoms with Crippen LogP contribution in [0.25, 0.3) is 10.9 Å². The molecule has 0 bridgehead atoms. The van der Waals surface area contributed by atoms with E-state index in [4.69, 9.17) is 16.3 Å². The van der Waals surface area contributed by atoms with Crippen molar-refractivity contribution in [2.24, 2.45) is 5.10 Å². The molecule has 3 aromatic carbocycles. The molecule has 0 aliphatic rings. The fraction of sp³-hybridized carbons (Fsp3) is 0.125. The summed E-state index contributed by atoms with van der Waals surface area (Å²) in [7, 11) is 1.68. The lowest BCUT2D eigenvalue weighted by Crippen LogP contribution is -2.06. The summed E-state index contributed by atoms with van der Waals surface area (Å²) >= 11 is 6.01. The minimum Gasteiger partial charge on any atom is -0.496 e. The minimum atomic E-state index is 0.601. The zero-order valence-corrected chi connectivity index (χ0v) is 16.9. The van der Waals surface area contributed by atoms with Gasteiger partial charge in [0.2, 0.25) is 0 Å². The van der Waals surface area contributed by atoms with Crippen LogP contribution in [0.5, 0.6) is 5.75 Å². The van der Waals surface area contributed by atoms with Crippen molar-refractivity contribution < 1.29 is 4.74 Å². The van der Waals surface area contributed by atoms with E-state index in [0.717, 1.165) is 28.4 Å². The zero-order valence-electron chi connectivity index (χ0n) is 16.2. The van der Waals surface area contributed by atoms with E-state index in [1.54, 1.807) is 7.11 Å². The Labute approximate surface area is 175 Å². The summed E-state index contributed by atoms with van der Waals surface area (Å²) in [6, 6.07) is 24.2. The number of aromatic nitrogens is 1. The quantitative estimate of drug-likeness (QED) is 0.328. The SMILES string of the molecule is COc1ccccc1CN/N=C/c1cn(Cc2ccc(Cl)cc2)c2ccccc12. The van der Waals surface area contributed by atoms with E-state index in [2.05, 4.69) is 57.7 Å². The average molecular weight is 404 g/mol. The summed E-state index contributed by atoms with van der Waals surface area (Å²) in [4.78, 5) is 0. The normalized spacial score (nSPS) is 11.2. The van der Waals surface area contributed by atoms with Crippen molar-refractivity contribution in [1.82, 2.24) is 9.99 Å². The molecule has 1 N–H and O–H groups in total. The van der Waals surface area contributed by atoms with E-state index in [1.807, 2.05) is 42.6 Å². The number of para-hydroxylation sites is 2. The van der Waals surface area contributed by atoms with Gasteiger partial charge in [0, 0.05) is 39.8 Å². The van der Waals surface area contributed by atoms with Gasteiger partial charge in [0.25, 0.3) is 0 Å². The summed E-state index contributed by atoms with van der Waals surface area (Å²) in [5.41, 5.74) is 7.64. The van der Waals surface area contributed by atoms with Crippen LogP contribution in [-0.2, 0) is 13.1 Å². The first kappa shape index (κ1) is 19.1. The van der Waals surface area contributed by atoms with Gasteiger partial charge in [0.1, 0.15) is 5.75 Å². The van der Waals surface area contributed by atoms with Crippen molar-refractivity contribution in [3.8, 4) is 5.75 Å². The number of methoxy groups -OCH3 is 1. The Bertz CT molecular complexity index is 1130. The van der Waals surface area contributed by atoms with Gasteiger partial charge >= 0.3 is 0 Å². The van der Waals surface area contributed by atoms with Gasteiger partial charge in [-0.05, 0) is 29.8 Å². The Morgan fingerprint density at radius 2 is 1.76 bits per heavy atom. The maximum Gasteiger partial charge on any atom is 0.123 e. The second-order valence-electron chi connectivity index (χ2n) is 6.76. The summed E-state index contributed by atoms with van der Waals surface area (Å²) in [6.07, 6.45) is 4.00. The van der Waals surface area contributed by atoms with Gasteiger partial charge in [-0.25, -0.2) is 0 Å². The Morgan fingerprint density at radius 3 is 2.59 bits per heavy atom. The molecule has 4 rings (SSSR count). The van der Waals surface area contributed by atoms with Gasteiger partial charge in [-0.15, -0.1) is 0 Å². The number of nitrogens with one attached hydrogen (secondary N) is 1. The molecule has 0 saturated carbocycles. The van der Waals surface area contributed by atoms with Crippen molar-refractivity contribution in [3.05, 3.63) is 101 Å². The molecule has 0 fully saturated rings. The maximum atomic E-state index is 6.01. The van der Waals surface area contributed by atoms with Crippen LogP contribution < -0.4 is 10.2 Å². The third-order valence-corrected chi connectivity index (χ3v) is 5.09. The molecule has 4 nitrogen and oxygen atoms in total.